The molecule has 0 aliphatic carbocycles. The fourth-order valence-corrected chi connectivity index (χ4v) is 2.90. The van der Waals surface area contributed by atoms with Crippen molar-refractivity contribution in [3.8, 4) is 0 Å². The van der Waals surface area contributed by atoms with Crippen LogP contribution in [0.2, 0.25) is 0 Å². The second kappa shape index (κ2) is 6.62. The van der Waals surface area contributed by atoms with Gasteiger partial charge in [0.1, 0.15) is 0 Å². The molecule has 0 heterocycles. The zero-order valence-electron chi connectivity index (χ0n) is 12.0. The molecule has 0 aliphatic rings. The number of para-hydroxylation sites is 1. The number of carbonyl (C=O) groups is 1. The van der Waals surface area contributed by atoms with Gasteiger partial charge in [0, 0.05) is 10.6 Å². The smallest absolute Gasteiger partial charge is 0.237 e. The summed E-state index contributed by atoms with van der Waals surface area (Å²) in [5.74, 6) is 0.0297. The number of rotatable bonds is 4. The van der Waals surface area contributed by atoms with E-state index in [0.717, 1.165) is 5.69 Å². The zero-order chi connectivity index (χ0) is 14.5. The molecule has 1 amide bonds. The van der Waals surface area contributed by atoms with Crippen LogP contribution >= 0.6 is 11.8 Å². The number of carbonyl (C=O) groups excluding carboxylic acids is 1. The van der Waals surface area contributed by atoms with Crippen LogP contribution in [0, 0.1) is 13.8 Å². The van der Waals surface area contributed by atoms with Gasteiger partial charge in [-0.1, -0.05) is 35.9 Å². The van der Waals surface area contributed by atoms with Gasteiger partial charge in [0.2, 0.25) is 5.91 Å². The normalized spacial score (nSPS) is 11.9. The SMILES string of the molecule is Cc1ccc(C)c(SC(C)C(=O)Nc2ccccc2)c1. The van der Waals surface area contributed by atoms with Crippen molar-refractivity contribution in [2.45, 2.75) is 30.9 Å². The Kier molecular flexibility index (Phi) is 4.85. The van der Waals surface area contributed by atoms with Crippen LogP contribution in [0.1, 0.15) is 18.1 Å². The number of nitrogens with one attached hydrogen (secondary N) is 1. The molecule has 2 nitrogen and oxygen atoms in total. The summed E-state index contributed by atoms with van der Waals surface area (Å²) >= 11 is 1.60. The Balaban J connectivity index is 2.02. The third-order valence-electron chi connectivity index (χ3n) is 3.06. The summed E-state index contributed by atoms with van der Waals surface area (Å²) in [4.78, 5) is 13.3. The summed E-state index contributed by atoms with van der Waals surface area (Å²) in [6, 6.07) is 15.9. The van der Waals surface area contributed by atoms with E-state index in [2.05, 4.69) is 37.4 Å². The highest BCUT2D eigenvalue weighted by Crippen LogP contribution is 2.28. The van der Waals surface area contributed by atoms with Crippen LogP contribution in [0.25, 0.3) is 0 Å². The minimum Gasteiger partial charge on any atom is -0.325 e. The minimum absolute atomic E-state index is 0.0297. The van der Waals surface area contributed by atoms with Crippen LogP contribution in [-0.4, -0.2) is 11.2 Å². The Morgan fingerprint density at radius 2 is 1.80 bits per heavy atom. The number of amides is 1. The fraction of sp³-hybridized carbons (Fsp3) is 0.235. The van der Waals surface area contributed by atoms with E-state index < -0.39 is 0 Å². The lowest BCUT2D eigenvalue weighted by atomic mass is 10.2. The maximum absolute atomic E-state index is 12.2. The lowest BCUT2D eigenvalue weighted by molar-refractivity contribution is -0.115. The van der Waals surface area contributed by atoms with E-state index in [-0.39, 0.29) is 11.2 Å². The first-order chi connectivity index (χ1) is 9.56. The van der Waals surface area contributed by atoms with Crippen molar-refractivity contribution in [1.29, 1.82) is 0 Å². The monoisotopic (exact) mass is 285 g/mol. The first-order valence-corrected chi connectivity index (χ1v) is 7.54. The van der Waals surface area contributed by atoms with Crippen molar-refractivity contribution in [1.82, 2.24) is 0 Å². The van der Waals surface area contributed by atoms with Gasteiger partial charge < -0.3 is 5.32 Å². The Labute approximate surface area is 124 Å². The van der Waals surface area contributed by atoms with E-state index in [1.54, 1.807) is 11.8 Å². The molecule has 1 unspecified atom stereocenters. The van der Waals surface area contributed by atoms with E-state index in [1.807, 2.05) is 37.3 Å². The maximum Gasteiger partial charge on any atom is 0.237 e. The molecule has 2 aromatic carbocycles. The molecule has 0 fully saturated rings. The summed E-state index contributed by atoms with van der Waals surface area (Å²) in [7, 11) is 0. The summed E-state index contributed by atoms with van der Waals surface area (Å²) in [5.41, 5.74) is 3.26. The fourth-order valence-electron chi connectivity index (χ4n) is 1.84. The second-order valence-electron chi connectivity index (χ2n) is 4.88. The molecule has 2 aromatic rings. The highest BCUT2D eigenvalue weighted by Gasteiger charge is 2.15. The molecule has 0 radical (unpaired) electrons. The predicted molar refractivity (Wildman–Crippen MR) is 86.3 cm³/mol. The number of aryl methyl sites for hydroxylation is 2. The molecule has 104 valence electrons. The van der Waals surface area contributed by atoms with E-state index in [4.69, 9.17) is 0 Å². The van der Waals surface area contributed by atoms with E-state index >= 15 is 0 Å². The van der Waals surface area contributed by atoms with Crippen molar-refractivity contribution in [3.63, 3.8) is 0 Å². The molecule has 0 aliphatic heterocycles. The molecular weight excluding hydrogens is 266 g/mol. The molecule has 1 atom stereocenters. The first kappa shape index (κ1) is 14.7. The largest absolute Gasteiger partial charge is 0.325 e. The van der Waals surface area contributed by atoms with Crippen molar-refractivity contribution in [2.24, 2.45) is 0 Å². The van der Waals surface area contributed by atoms with Gasteiger partial charge >= 0.3 is 0 Å². The lowest BCUT2D eigenvalue weighted by Gasteiger charge is -2.14. The standard InChI is InChI=1S/C17H19NOS/c1-12-9-10-13(2)16(11-12)20-14(3)17(19)18-15-7-5-4-6-8-15/h4-11,14H,1-3H3,(H,18,19). The van der Waals surface area contributed by atoms with Crippen molar-refractivity contribution in [2.75, 3.05) is 5.32 Å². The molecule has 0 spiro atoms. The summed E-state index contributed by atoms with van der Waals surface area (Å²) < 4.78 is 0. The number of thioether (sulfide) groups is 1. The lowest BCUT2D eigenvalue weighted by Crippen LogP contribution is -2.22. The van der Waals surface area contributed by atoms with Gasteiger partial charge in [0.15, 0.2) is 0 Å². The van der Waals surface area contributed by atoms with Crippen LogP contribution in [-0.2, 0) is 4.79 Å². The summed E-state index contributed by atoms with van der Waals surface area (Å²) in [6.45, 7) is 6.08. The number of hydrogen-bond acceptors (Lipinski definition) is 2. The van der Waals surface area contributed by atoms with Crippen LogP contribution in [0.3, 0.4) is 0 Å². The van der Waals surface area contributed by atoms with Gasteiger partial charge in [0.25, 0.3) is 0 Å². The highest BCUT2D eigenvalue weighted by molar-refractivity contribution is 8.00. The Bertz CT molecular complexity index is 595. The predicted octanol–water partition coefficient (Wildman–Crippen LogP) is 4.42. The average molecular weight is 285 g/mol. The van der Waals surface area contributed by atoms with Crippen molar-refractivity contribution >= 4 is 23.4 Å². The quantitative estimate of drug-likeness (QED) is 0.842. The van der Waals surface area contributed by atoms with Crippen molar-refractivity contribution < 1.29 is 4.79 Å². The Morgan fingerprint density at radius 3 is 2.50 bits per heavy atom. The average Bonchev–Trinajstić information content (AvgIpc) is 2.44. The molecule has 20 heavy (non-hydrogen) atoms. The molecule has 0 aromatic heterocycles. The van der Waals surface area contributed by atoms with Gasteiger partial charge in [-0.25, -0.2) is 0 Å². The second-order valence-corrected chi connectivity index (χ2v) is 6.27. The van der Waals surface area contributed by atoms with E-state index in [9.17, 15) is 4.79 Å². The molecule has 0 saturated carbocycles. The highest BCUT2D eigenvalue weighted by atomic mass is 32.2. The summed E-state index contributed by atoms with van der Waals surface area (Å²) in [5, 5.41) is 2.81. The third kappa shape index (κ3) is 3.87. The minimum atomic E-state index is -0.129. The van der Waals surface area contributed by atoms with Crippen LogP contribution in [0.4, 0.5) is 5.69 Å². The zero-order valence-corrected chi connectivity index (χ0v) is 12.8. The van der Waals surface area contributed by atoms with Gasteiger partial charge in [-0.2, -0.15) is 0 Å². The van der Waals surface area contributed by atoms with E-state index in [0.29, 0.717) is 0 Å². The molecule has 3 heteroatoms. The number of anilines is 1. The Hall–Kier alpha value is -1.74. The number of hydrogen-bond donors (Lipinski definition) is 1. The van der Waals surface area contributed by atoms with E-state index in [1.165, 1.54) is 16.0 Å². The summed E-state index contributed by atoms with van der Waals surface area (Å²) in [6.07, 6.45) is 0. The Morgan fingerprint density at radius 1 is 1.10 bits per heavy atom. The molecule has 2 rings (SSSR count). The maximum atomic E-state index is 12.2. The molecule has 0 bridgehead atoms. The molecule has 0 saturated heterocycles. The van der Waals surface area contributed by atoms with Crippen LogP contribution in [0.5, 0.6) is 0 Å². The van der Waals surface area contributed by atoms with Crippen LogP contribution in [0.15, 0.2) is 53.4 Å². The topological polar surface area (TPSA) is 29.1 Å². The van der Waals surface area contributed by atoms with Gasteiger partial charge in [-0.3, -0.25) is 4.79 Å². The first-order valence-electron chi connectivity index (χ1n) is 6.66. The third-order valence-corrected chi connectivity index (χ3v) is 4.32. The van der Waals surface area contributed by atoms with Crippen molar-refractivity contribution in [3.05, 3.63) is 59.7 Å². The molecular formula is C17H19NOS. The van der Waals surface area contributed by atoms with Gasteiger partial charge in [-0.05, 0) is 44.5 Å². The molecule has 1 N–H and O–H groups in total. The number of benzene rings is 2. The van der Waals surface area contributed by atoms with Gasteiger partial charge in [0.05, 0.1) is 5.25 Å². The van der Waals surface area contributed by atoms with Gasteiger partial charge in [-0.15, -0.1) is 11.8 Å². The van der Waals surface area contributed by atoms with Crippen LogP contribution < -0.4 is 5.32 Å².